The fraction of sp³-hybridized carbons (Fsp3) is 0.469. The van der Waals surface area contributed by atoms with E-state index >= 15 is 0 Å². The summed E-state index contributed by atoms with van der Waals surface area (Å²) in [6.45, 7) is 14.7. The highest BCUT2D eigenvalue weighted by Gasteiger charge is 2.37. The molecule has 42 heavy (non-hydrogen) atoms. The van der Waals surface area contributed by atoms with Gasteiger partial charge in [-0.15, -0.1) is 0 Å². The first-order valence-corrected chi connectivity index (χ1v) is 15.1. The van der Waals surface area contributed by atoms with Gasteiger partial charge in [0.05, 0.1) is 17.3 Å². The fourth-order valence-corrected chi connectivity index (χ4v) is 6.70. The van der Waals surface area contributed by atoms with E-state index in [0.29, 0.717) is 51.4 Å². The first kappa shape index (κ1) is 28.7. The molecular weight excluding hydrogens is 555 g/mol. The normalized spacial score (nSPS) is 19.5. The summed E-state index contributed by atoms with van der Waals surface area (Å²) in [5.74, 6) is -0.720. The topological polar surface area (TPSA) is 65.0 Å². The van der Waals surface area contributed by atoms with E-state index in [1.54, 1.807) is 0 Å². The standard InChI is InChI=1S/C32H38ClFN6O2/c1-21(34)30(41)38-17-15-37(16-18-38)29-24-12-13-39(27-10-6-8-22-7-5-9-25(33)28(22)27)19-26(24)35-31(36-29)42-20-23-11-14-40(23)32(2,3)4/h5-10,23H,1,11-20H2,2-4H3. The van der Waals surface area contributed by atoms with Crippen LogP contribution in [0.1, 0.15) is 38.4 Å². The number of hydrogen-bond donors (Lipinski definition) is 0. The summed E-state index contributed by atoms with van der Waals surface area (Å²) in [4.78, 5) is 30.5. The quantitative estimate of drug-likeness (QED) is 0.363. The monoisotopic (exact) mass is 592 g/mol. The van der Waals surface area contributed by atoms with Crippen molar-refractivity contribution in [2.75, 3.05) is 55.7 Å². The summed E-state index contributed by atoms with van der Waals surface area (Å²) < 4.78 is 19.8. The predicted octanol–water partition coefficient (Wildman–Crippen LogP) is 5.23. The van der Waals surface area contributed by atoms with E-state index < -0.39 is 11.7 Å². The van der Waals surface area contributed by atoms with Crippen LogP contribution in [0.2, 0.25) is 5.02 Å². The highest BCUT2D eigenvalue weighted by atomic mass is 35.5. The molecule has 0 bridgehead atoms. The van der Waals surface area contributed by atoms with Crippen molar-refractivity contribution in [1.82, 2.24) is 19.8 Å². The summed E-state index contributed by atoms with van der Waals surface area (Å²) >= 11 is 6.68. The van der Waals surface area contributed by atoms with Gasteiger partial charge >= 0.3 is 6.01 Å². The van der Waals surface area contributed by atoms with Crippen LogP contribution in [0.25, 0.3) is 10.8 Å². The molecule has 1 aromatic heterocycles. The van der Waals surface area contributed by atoms with E-state index in [1.807, 2.05) is 12.1 Å². The second-order valence-corrected chi connectivity index (χ2v) is 12.8. The van der Waals surface area contributed by atoms with E-state index in [1.165, 1.54) is 4.90 Å². The largest absolute Gasteiger partial charge is 0.462 e. The third-order valence-corrected chi connectivity index (χ3v) is 9.02. The minimum absolute atomic E-state index is 0.0798. The van der Waals surface area contributed by atoms with E-state index in [4.69, 9.17) is 26.3 Å². The lowest BCUT2D eigenvalue weighted by Gasteiger charge is -2.49. The number of fused-ring (bicyclic) bond motifs is 2. The molecule has 1 amide bonds. The molecule has 3 aliphatic heterocycles. The van der Waals surface area contributed by atoms with E-state index in [0.717, 1.165) is 64.5 Å². The molecule has 2 saturated heterocycles. The van der Waals surface area contributed by atoms with Crippen LogP contribution in [0.5, 0.6) is 6.01 Å². The van der Waals surface area contributed by atoms with Crippen LogP contribution < -0.4 is 14.5 Å². The van der Waals surface area contributed by atoms with Crippen molar-refractivity contribution in [1.29, 1.82) is 0 Å². The molecule has 8 nitrogen and oxygen atoms in total. The number of aromatic nitrogens is 2. The van der Waals surface area contributed by atoms with Crippen molar-refractivity contribution in [3.63, 3.8) is 0 Å². The average molecular weight is 593 g/mol. The molecule has 0 aliphatic carbocycles. The lowest BCUT2D eigenvalue weighted by atomic mass is 9.94. The Labute approximate surface area is 251 Å². The van der Waals surface area contributed by atoms with E-state index in [-0.39, 0.29) is 5.54 Å². The minimum atomic E-state index is -0.924. The number of carbonyl (C=O) groups excluding carboxylic acids is 1. The van der Waals surface area contributed by atoms with Gasteiger partial charge in [0.15, 0.2) is 5.83 Å². The number of amides is 1. The first-order valence-electron chi connectivity index (χ1n) is 14.7. The molecular formula is C32H38ClFN6O2. The molecule has 2 aromatic carbocycles. The summed E-state index contributed by atoms with van der Waals surface area (Å²) in [5.41, 5.74) is 3.19. The smallest absolute Gasteiger partial charge is 0.318 e. The van der Waals surface area contributed by atoms with Gasteiger partial charge in [0.1, 0.15) is 12.4 Å². The van der Waals surface area contributed by atoms with Crippen molar-refractivity contribution in [2.24, 2.45) is 0 Å². The summed E-state index contributed by atoms with van der Waals surface area (Å²) in [6.07, 6.45) is 1.84. The first-order chi connectivity index (χ1) is 20.1. The number of nitrogens with zero attached hydrogens (tertiary/aromatic N) is 6. The Balaban J connectivity index is 1.29. The molecule has 222 valence electrons. The summed E-state index contributed by atoms with van der Waals surface area (Å²) in [6, 6.07) is 13.0. The van der Waals surface area contributed by atoms with Gasteiger partial charge in [-0.2, -0.15) is 9.97 Å². The number of piperazine rings is 1. The van der Waals surface area contributed by atoms with Crippen molar-refractivity contribution in [2.45, 2.75) is 51.7 Å². The molecule has 3 aliphatic rings. The number of ether oxygens (including phenoxy) is 1. The molecule has 2 fully saturated rings. The maximum atomic E-state index is 13.5. The van der Waals surface area contributed by atoms with Crippen LogP contribution in [0, 0.1) is 0 Å². The van der Waals surface area contributed by atoms with Gasteiger partial charge in [0.2, 0.25) is 0 Å². The number of rotatable bonds is 6. The maximum Gasteiger partial charge on any atom is 0.318 e. The molecule has 0 radical (unpaired) electrons. The van der Waals surface area contributed by atoms with Crippen LogP contribution >= 0.6 is 11.6 Å². The number of likely N-dealkylation sites (tertiary alicyclic amines) is 1. The zero-order valence-corrected chi connectivity index (χ0v) is 25.3. The number of benzene rings is 2. The Morgan fingerprint density at radius 1 is 1.05 bits per heavy atom. The Morgan fingerprint density at radius 3 is 2.45 bits per heavy atom. The third kappa shape index (κ3) is 5.52. The molecule has 1 unspecified atom stereocenters. The van der Waals surface area contributed by atoms with E-state index in [9.17, 15) is 9.18 Å². The van der Waals surface area contributed by atoms with Gasteiger partial charge < -0.3 is 19.4 Å². The highest BCUT2D eigenvalue weighted by molar-refractivity contribution is 6.36. The van der Waals surface area contributed by atoms with Gasteiger partial charge in [0, 0.05) is 67.5 Å². The Morgan fingerprint density at radius 2 is 1.79 bits per heavy atom. The zero-order chi connectivity index (χ0) is 29.6. The minimum Gasteiger partial charge on any atom is -0.462 e. The van der Waals surface area contributed by atoms with Crippen LogP contribution in [-0.4, -0.2) is 83.1 Å². The Bertz CT molecular complexity index is 1510. The van der Waals surface area contributed by atoms with E-state index in [2.05, 4.69) is 66.3 Å². The molecule has 10 heteroatoms. The SMILES string of the molecule is C=C(F)C(=O)N1CCN(c2nc(OCC3CCN3C(C)(C)C)nc3c2CCN(c2cccc4cccc(Cl)c24)C3)CC1. The second-order valence-electron chi connectivity index (χ2n) is 12.3. The van der Waals surface area contributed by atoms with Crippen LogP contribution in [0.15, 0.2) is 48.8 Å². The van der Waals surface area contributed by atoms with Crippen LogP contribution in [0.4, 0.5) is 15.9 Å². The summed E-state index contributed by atoms with van der Waals surface area (Å²) in [7, 11) is 0. The molecule has 1 atom stereocenters. The van der Waals surface area contributed by atoms with Gasteiger partial charge in [0.25, 0.3) is 5.91 Å². The predicted molar refractivity (Wildman–Crippen MR) is 165 cm³/mol. The van der Waals surface area contributed by atoms with Crippen molar-refractivity contribution < 1.29 is 13.9 Å². The number of halogens is 2. The maximum absolute atomic E-state index is 13.5. The molecule has 0 spiro atoms. The van der Waals surface area contributed by atoms with Crippen molar-refractivity contribution in [3.8, 4) is 6.01 Å². The molecule has 4 heterocycles. The fourth-order valence-electron chi connectivity index (χ4n) is 6.42. The van der Waals surface area contributed by atoms with Gasteiger partial charge in [-0.1, -0.05) is 42.4 Å². The van der Waals surface area contributed by atoms with Crippen LogP contribution in [0.3, 0.4) is 0 Å². The van der Waals surface area contributed by atoms with Crippen molar-refractivity contribution >= 4 is 39.8 Å². The Kier molecular flexibility index (Phi) is 7.74. The molecule has 0 N–H and O–H groups in total. The number of hydrogen-bond acceptors (Lipinski definition) is 7. The zero-order valence-electron chi connectivity index (χ0n) is 24.6. The van der Waals surface area contributed by atoms with Gasteiger partial charge in [-0.05, 0) is 51.1 Å². The highest BCUT2D eigenvalue weighted by Crippen LogP contribution is 2.37. The van der Waals surface area contributed by atoms with Crippen LogP contribution in [-0.2, 0) is 17.8 Å². The van der Waals surface area contributed by atoms with Gasteiger partial charge in [-0.25, -0.2) is 4.39 Å². The lowest BCUT2D eigenvalue weighted by molar-refractivity contribution is -0.128. The average Bonchev–Trinajstić information content (AvgIpc) is 2.94. The Hall–Kier alpha value is -3.43. The molecule has 3 aromatic rings. The number of carbonyl (C=O) groups is 1. The summed E-state index contributed by atoms with van der Waals surface area (Å²) in [5, 5.41) is 2.87. The molecule has 6 rings (SSSR count). The molecule has 0 saturated carbocycles. The van der Waals surface area contributed by atoms with Gasteiger partial charge in [-0.3, -0.25) is 9.69 Å². The second kappa shape index (κ2) is 11.3. The van der Waals surface area contributed by atoms with Crippen molar-refractivity contribution in [3.05, 3.63) is 65.1 Å². The third-order valence-electron chi connectivity index (χ3n) is 8.70. The number of anilines is 2. The lowest BCUT2D eigenvalue weighted by Crippen LogP contribution is -2.59.